The maximum absolute atomic E-state index is 14.5. The van der Waals surface area contributed by atoms with Crippen molar-refractivity contribution in [1.29, 1.82) is 0 Å². The highest BCUT2D eigenvalue weighted by Crippen LogP contribution is 2.39. The van der Waals surface area contributed by atoms with Crippen molar-refractivity contribution in [2.24, 2.45) is 0 Å². The van der Waals surface area contributed by atoms with Crippen LogP contribution >= 0.6 is 0 Å². The van der Waals surface area contributed by atoms with Crippen LogP contribution in [0.1, 0.15) is 168 Å². The summed E-state index contributed by atoms with van der Waals surface area (Å²) in [5.74, 6) is -0.239. The fourth-order valence-electron chi connectivity index (χ4n) is 10.6. The van der Waals surface area contributed by atoms with Crippen LogP contribution in [0, 0.1) is 18.6 Å². The number of amides is 2. The molecule has 0 radical (unpaired) electrons. The Labute approximate surface area is 546 Å². The molecule has 508 valence electrons. The van der Waals surface area contributed by atoms with Crippen molar-refractivity contribution in [1.82, 2.24) is 65.7 Å². The summed E-state index contributed by atoms with van der Waals surface area (Å²) >= 11 is 0. The number of aromatic nitrogens is 8. The molecule has 2 amide bonds. The minimum Gasteiger partial charge on any atom is -0.462 e. The predicted octanol–water partition coefficient (Wildman–Crippen LogP) is 9.28. The Morgan fingerprint density at radius 3 is 1.60 bits per heavy atom. The number of hydrogen-bond donors (Lipinski definition) is 4. The number of nitrogens with one attached hydrogen (secondary N) is 4. The molecule has 4 N–H and O–H groups in total. The number of aryl methyl sites for hydroxylation is 1. The second-order valence-electron chi connectivity index (χ2n) is 25.0. The smallest absolute Gasteiger partial charge is 0.432 e. The fourth-order valence-corrected chi connectivity index (χ4v) is 11.4. The number of esters is 2. The SMILES string of the molecule is CCOC(=O)c1cnn2ccc(N3CCCC3c3cc(F)cnc3CCN(NC(=O)OC(C)(C)C)C3CC3)nc12.CCOC(=O)c1cnn2ccc(N3CCCC3c3cc(F)cnc3CCNC3CC3)nc12.CNC.Cc1ccc(S(=O)(=O)ONC(=O)OC(C)(C)C)cc1. The number of halogens is 2. The van der Waals surface area contributed by atoms with Crippen LogP contribution in [0.3, 0.4) is 0 Å². The maximum Gasteiger partial charge on any atom is 0.432 e. The Kier molecular flexibility index (Phi) is 24.3. The number of benzene rings is 1. The first-order chi connectivity index (χ1) is 44.8. The van der Waals surface area contributed by atoms with Crippen molar-refractivity contribution in [2.45, 2.75) is 167 Å². The second kappa shape index (κ2) is 32.1. The number of carbonyl (C=O) groups is 4. The standard InChI is InChI=1S/C28H36FN7O4.C23H27FN6O2.C12H17NO5S.C2H7N/c1-5-39-26(37)21-17-31-36-14-11-24(32-25(21)36)34-12-6-7-23(34)20-15-18(29)16-30-22(20)10-13-35(19-8-9-19)33-27(38)40-28(2,3)4;1-2-32-23(31)18-14-27-30-11-8-21(28-22(18)30)29-10-3-4-20(29)17-12-15(24)13-26-19(17)7-9-25-16-5-6-16;1-9-5-7-10(8-6-9)19(15,16)18-13-11(14)17-12(2,3)4;1-3-2/h11,14-17,19,23H,5-10,12-13H2,1-4H3,(H,33,38);8,11-14,16,20,25H,2-7,9-10H2,1H3;5-8H,1-4H3,(H,13,14);3H,1-2H3. The largest absolute Gasteiger partial charge is 0.462 e. The van der Waals surface area contributed by atoms with E-state index in [0.29, 0.717) is 47.2 Å². The minimum atomic E-state index is -4.04. The minimum absolute atomic E-state index is 0.0157. The Bertz CT molecular complexity index is 3840. The lowest BCUT2D eigenvalue weighted by atomic mass is 10.0. The van der Waals surface area contributed by atoms with Gasteiger partial charge in [0.25, 0.3) is 0 Å². The molecule has 4 aliphatic rings. The third-order valence-corrected chi connectivity index (χ3v) is 16.1. The molecule has 2 aliphatic carbocycles. The lowest BCUT2D eigenvalue weighted by Gasteiger charge is -2.29. The summed E-state index contributed by atoms with van der Waals surface area (Å²) in [7, 11) is -0.290. The van der Waals surface area contributed by atoms with Crippen LogP contribution in [0.15, 0.2) is 90.6 Å². The molecular formula is C65H87F2N15O11S. The van der Waals surface area contributed by atoms with Gasteiger partial charge in [0, 0.05) is 74.9 Å². The number of hydroxylamine groups is 1. The first-order valence-corrected chi connectivity index (χ1v) is 33.1. The van der Waals surface area contributed by atoms with Gasteiger partial charge in [-0.25, -0.2) is 52.0 Å². The Morgan fingerprint density at radius 2 is 1.14 bits per heavy atom. The molecule has 8 heterocycles. The van der Waals surface area contributed by atoms with E-state index in [1.165, 1.54) is 49.8 Å². The van der Waals surface area contributed by atoms with E-state index in [1.807, 2.05) is 58.9 Å². The number of anilines is 2. The van der Waals surface area contributed by atoms with Crippen LogP contribution in [0.4, 0.5) is 30.0 Å². The molecule has 94 heavy (non-hydrogen) atoms. The van der Waals surface area contributed by atoms with Gasteiger partial charge >= 0.3 is 34.2 Å². The molecule has 2 atom stereocenters. The van der Waals surface area contributed by atoms with Gasteiger partial charge in [0.05, 0.1) is 55.0 Å². The number of carbonyl (C=O) groups excluding carboxylic acids is 4. The zero-order valence-corrected chi connectivity index (χ0v) is 56.1. The molecule has 0 spiro atoms. The summed E-state index contributed by atoms with van der Waals surface area (Å²) in [4.78, 5) is 71.0. The summed E-state index contributed by atoms with van der Waals surface area (Å²) in [6.07, 6.45) is 16.9. The predicted molar refractivity (Wildman–Crippen MR) is 346 cm³/mol. The van der Waals surface area contributed by atoms with Gasteiger partial charge < -0.3 is 39.4 Å². The summed E-state index contributed by atoms with van der Waals surface area (Å²) in [6.45, 7) is 19.2. The zero-order chi connectivity index (χ0) is 67.9. The van der Waals surface area contributed by atoms with Gasteiger partial charge in [-0.15, -0.1) is 4.28 Å². The fraction of sp³-hybridized carbons (Fsp3) is 0.508. The zero-order valence-electron chi connectivity index (χ0n) is 55.3. The van der Waals surface area contributed by atoms with Gasteiger partial charge in [-0.1, -0.05) is 17.7 Å². The average Bonchev–Trinajstić information content (AvgIpc) is 1.59. The lowest BCUT2D eigenvalue weighted by molar-refractivity contribution is 0.0295. The molecule has 0 bridgehead atoms. The maximum atomic E-state index is 14.5. The lowest BCUT2D eigenvalue weighted by Crippen LogP contribution is -2.47. The number of pyridine rings is 2. The van der Waals surface area contributed by atoms with E-state index in [4.69, 9.17) is 28.9 Å². The van der Waals surface area contributed by atoms with Crippen molar-refractivity contribution in [3.05, 3.63) is 137 Å². The Morgan fingerprint density at radius 1 is 0.660 bits per heavy atom. The first-order valence-electron chi connectivity index (χ1n) is 31.7. The molecule has 29 heteroatoms. The summed E-state index contributed by atoms with van der Waals surface area (Å²) in [5, 5.41) is 16.6. The van der Waals surface area contributed by atoms with E-state index in [0.717, 1.165) is 98.5 Å². The molecule has 26 nitrogen and oxygen atoms in total. The van der Waals surface area contributed by atoms with Gasteiger partial charge in [0.15, 0.2) is 11.3 Å². The molecule has 2 unspecified atom stereocenters. The quantitative estimate of drug-likeness (QED) is 0.0314. The summed E-state index contributed by atoms with van der Waals surface area (Å²) in [5.41, 5.74) is 9.12. The molecule has 11 rings (SSSR count). The van der Waals surface area contributed by atoms with Gasteiger partial charge in [-0.2, -0.15) is 24.1 Å². The first kappa shape index (κ1) is 71.3. The van der Waals surface area contributed by atoms with Crippen molar-refractivity contribution < 1.29 is 59.6 Å². The van der Waals surface area contributed by atoms with Gasteiger partial charge in [-0.05, 0) is 175 Å². The molecular weight excluding hydrogens is 1240 g/mol. The van der Waals surface area contributed by atoms with Crippen molar-refractivity contribution >= 4 is 57.2 Å². The van der Waals surface area contributed by atoms with E-state index in [-0.39, 0.29) is 42.1 Å². The third kappa shape index (κ3) is 20.0. The number of hydrogen-bond acceptors (Lipinski definition) is 22. The number of nitrogens with zero attached hydrogens (tertiary/aromatic N) is 11. The van der Waals surface area contributed by atoms with Crippen molar-refractivity contribution in [2.75, 3.05) is 63.3 Å². The van der Waals surface area contributed by atoms with Crippen molar-refractivity contribution in [3.8, 4) is 0 Å². The Balaban J connectivity index is 0.000000187. The van der Waals surface area contributed by atoms with E-state index < -0.39 is 51.3 Å². The third-order valence-electron chi connectivity index (χ3n) is 15.0. The molecule has 1 aromatic carbocycles. The van der Waals surface area contributed by atoms with Crippen LogP contribution in [-0.2, 0) is 46.2 Å². The number of fused-ring (bicyclic) bond motifs is 2. The molecule has 2 aliphatic heterocycles. The average molecular weight is 1320 g/mol. The molecule has 6 aromatic heterocycles. The second-order valence-corrected chi connectivity index (χ2v) is 26.5. The van der Waals surface area contributed by atoms with E-state index in [1.54, 1.807) is 85.8 Å². The number of hydrazine groups is 1. The highest BCUT2D eigenvalue weighted by atomic mass is 32.2. The highest BCUT2D eigenvalue weighted by molar-refractivity contribution is 7.86. The summed E-state index contributed by atoms with van der Waals surface area (Å²) in [6, 6.07) is 13.7. The van der Waals surface area contributed by atoms with E-state index in [9.17, 15) is 36.4 Å². The topological polar surface area (TPSA) is 293 Å². The number of ether oxygens (including phenoxy) is 4. The monoisotopic (exact) mass is 1320 g/mol. The van der Waals surface area contributed by atoms with Gasteiger partial charge in [-0.3, -0.25) is 15.4 Å². The van der Waals surface area contributed by atoms with E-state index >= 15 is 0 Å². The normalized spacial score (nSPS) is 16.3. The van der Waals surface area contributed by atoms with Gasteiger partial charge in [0.1, 0.15) is 45.6 Å². The van der Waals surface area contributed by atoms with Crippen molar-refractivity contribution in [3.63, 3.8) is 0 Å². The van der Waals surface area contributed by atoms with E-state index in [2.05, 4.69) is 50.3 Å². The van der Waals surface area contributed by atoms with Crippen LogP contribution in [-0.4, -0.2) is 153 Å². The molecule has 7 aromatic rings. The Hall–Kier alpha value is -8.51. The van der Waals surface area contributed by atoms with Crippen LogP contribution in [0.25, 0.3) is 11.3 Å². The van der Waals surface area contributed by atoms with Gasteiger partial charge in [0.2, 0.25) is 0 Å². The van der Waals surface area contributed by atoms with Crippen LogP contribution in [0.5, 0.6) is 0 Å². The molecule has 4 fully saturated rings. The summed E-state index contributed by atoms with van der Waals surface area (Å²) < 4.78 is 80.3. The highest BCUT2D eigenvalue weighted by Gasteiger charge is 2.35. The molecule has 2 saturated heterocycles. The van der Waals surface area contributed by atoms with Crippen LogP contribution < -0.4 is 31.3 Å². The molecule has 2 saturated carbocycles. The van der Waals surface area contributed by atoms with Crippen LogP contribution in [0.2, 0.25) is 0 Å². The number of rotatable bonds is 20.